The summed E-state index contributed by atoms with van der Waals surface area (Å²) < 4.78 is 6.19. The highest BCUT2D eigenvalue weighted by atomic mass is 16.5. The van der Waals surface area contributed by atoms with Gasteiger partial charge >= 0.3 is 5.69 Å². The number of amides is 1. The van der Waals surface area contributed by atoms with E-state index in [-0.39, 0.29) is 12.1 Å². The molecule has 0 aliphatic rings. The maximum absolute atomic E-state index is 12.6. The second-order valence-electron chi connectivity index (χ2n) is 6.72. The van der Waals surface area contributed by atoms with Gasteiger partial charge in [0.2, 0.25) is 0 Å². The number of carbonyl (C=O) groups excluding carboxylic acids is 1. The van der Waals surface area contributed by atoms with Gasteiger partial charge in [-0.15, -0.1) is 0 Å². The van der Waals surface area contributed by atoms with E-state index in [0.29, 0.717) is 22.2 Å². The minimum absolute atomic E-state index is 0.257. The van der Waals surface area contributed by atoms with E-state index >= 15 is 0 Å². The van der Waals surface area contributed by atoms with Gasteiger partial charge in [-0.05, 0) is 49.7 Å². The van der Waals surface area contributed by atoms with Crippen LogP contribution in [0.1, 0.15) is 35.9 Å². The lowest BCUT2D eigenvalue weighted by molar-refractivity contribution is 0.0852. The Bertz CT molecular complexity index is 1150. The van der Waals surface area contributed by atoms with Crippen LogP contribution in [0.15, 0.2) is 52.1 Å². The zero-order valence-corrected chi connectivity index (χ0v) is 16.4. The number of benzene rings is 2. The standard InChI is InChI=1S/C21H23N3O5/c1-4-24-20(27)16-10-7-14(11-17(16)23-21(24)28)19(26)22-12(2)18(25)13-5-8-15(29-3)9-6-13/h5-12,18,25H,4H2,1-3H3,(H,22,26)(H,23,28)/t12-,18+/m0/s1. The molecular weight excluding hydrogens is 374 g/mol. The molecule has 1 amide bonds. The van der Waals surface area contributed by atoms with E-state index in [4.69, 9.17) is 4.74 Å². The predicted octanol–water partition coefficient (Wildman–Crippen LogP) is 1.57. The van der Waals surface area contributed by atoms with Gasteiger partial charge in [0, 0.05) is 12.1 Å². The van der Waals surface area contributed by atoms with Gasteiger partial charge in [0.1, 0.15) is 5.75 Å². The number of nitrogens with zero attached hydrogens (tertiary/aromatic N) is 1. The summed E-state index contributed by atoms with van der Waals surface area (Å²) in [5.74, 6) is 0.248. The van der Waals surface area contributed by atoms with Crippen molar-refractivity contribution in [3.63, 3.8) is 0 Å². The minimum atomic E-state index is -0.915. The Labute approximate surface area is 166 Å². The van der Waals surface area contributed by atoms with Crippen molar-refractivity contribution in [1.29, 1.82) is 0 Å². The molecule has 3 N–H and O–H groups in total. The average Bonchev–Trinajstić information content (AvgIpc) is 2.73. The van der Waals surface area contributed by atoms with Crippen LogP contribution in [0.5, 0.6) is 5.75 Å². The van der Waals surface area contributed by atoms with Crippen molar-refractivity contribution < 1.29 is 14.6 Å². The summed E-state index contributed by atoms with van der Waals surface area (Å²) in [7, 11) is 1.56. The van der Waals surface area contributed by atoms with Crippen molar-refractivity contribution in [3.8, 4) is 5.75 Å². The number of rotatable bonds is 6. The molecule has 0 unspecified atom stereocenters. The Balaban J connectivity index is 1.81. The molecule has 0 aliphatic carbocycles. The molecule has 1 heterocycles. The first-order valence-corrected chi connectivity index (χ1v) is 9.25. The number of hydrogen-bond acceptors (Lipinski definition) is 5. The van der Waals surface area contributed by atoms with Crippen LogP contribution < -0.4 is 21.3 Å². The molecule has 8 heteroatoms. The fourth-order valence-corrected chi connectivity index (χ4v) is 3.14. The van der Waals surface area contributed by atoms with Crippen LogP contribution >= 0.6 is 0 Å². The number of aromatic nitrogens is 2. The van der Waals surface area contributed by atoms with Crippen molar-refractivity contribution in [2.24, 2.45) is 0 Å². The molecule has 8 nitrogen and oxygen atoms in total. The summed E-state index contributed by atoms with van der Waals surface area (Å²) in [5.41, 5.74) is 0.283. The van der Waals surface area contributed by atoms with Gasteiger partial charge in [0.25, 0.3) is 11.5 Å². The van der Waals surface area contributed by atoms with Crippen molar-refractivity contribution in [3.05, 3.63) is 74.4 Å². The molecule has 3 rings (SSSR count). The number of fused-ring (bicyclic) bond motifs is 1. The SMILES string of the molecule is CCn1c(=O)[nH]c2cc(C(=O)N[C@@H](C)[C@@H](O)c3ccc(OC)cc3)ccc2c1=O. The normalized spacial score (nSPS) is 13.1. The topological polar surface area (TPSA) is 113 Å². The average molecular weight is 397 g/mol. The maximum Gasteiger partial charge on any atom is 0.328 e. The van der Waals surface area contributed by atoms with Gasteiger partial charge in [-0.25, -0.2) is 4.79 Å². The molecule has 0 fully saturated rings. The molecule has 0 radical (unpaired) electrons. The van der Waals surface area contributed by atoms with Crippen molar-refractivity contribution in [2.45, 2.75) is 32.5 Å². The van der Waals surface area contributed by atoms with E-state index in [1.54, 1.807) is 45.2 Å². The van der Waals surface area contributed by atoms with Crippen molar-refractivity contribution in [2.75, 3.05) is 7.11 Å². The molecular formula is C21H23N3O5. The van der Waals surface area contributed by atoms with Crippen LogP contribution in [0.25, 0.3) is 10.9 Å². The highest BCUT2D eigenvalue weighted by Gasteiger charge is 2.20. The Morgan fingerprint density at radius 3 is 2.52 bits per heavy atom. The largest absolute Gasteiger partial charge is 0.497 e. The summed E-state index contributed by atoms with van der Waals surface area (Å²) in [6.07, 6.45) is -0.915. The predicted molar refractivity (Wildman–Crippen MR) is 109 cm³/mol. The van der Waals surface area contributed by atoms with Crippen LogP contribution in [0.4, 0.5) is 0 Å². The fraction of sp³-hybridized carbons (Fsp3) is 0.286. The van der Waals surface area contributed by atoms with Crippen LogP contribution in [-0.2, 0) is 6.54 Å². The number of aliphatic hydroxyl groups excluding tert-OH is 1. The van der Waals surface area contributed by atoms with E-state index in [0.717, 1.165) is 4.57 Å². The van der Waals surface area contributed by atoms with E-state index in [2.05, 4.69) is 10.3 Å². The molecule has 2 aromatic carbocycles. The Morgan fingerprint density at radius 1 is 1.21 bits per heavy atom. The third kappa shape index (κ3) is 4.07. The van der Waals surface area contributed by atoms with E-state index in [1.807, 2.05) is 0 Å². The first-order chi connectivity index (χ1) is 13.8. The summed E-state index contributed by atoms with van der Waals surface area (Å²) in [4.78, 5) is 39.6. The number of hydrogen-bond donors (Lipinski definition) is 3. The van der Waals surface area contributed by atoms with Crippen LogP contribution in [0, 0.1) is 0 Å². The first-order valence-electron chi connectivity index (χ1n) is 9.25. The number of aromatic amines is 1. The van der Waals surface area contributed by atoms with Gasteiger partial charge in [-0.3, -0.25) is 14.2 Å². The third-order valence-corrected chi connectivity index (χ3v) is 4.85. The second-order valence-corrected chi connectivity index (χ2v) is 6.72. The molecule has 1 aromatic heterocycles. The van der Waals surface area contributed by atoms with Crippen LogP contribution in [0.2, 0.25) is 0 Å². The van der Waals surface area contributed by atoms with Crippen LogP contribution in [-0.4, -0.2) is 33.7 Å². The lowest BCUT2D eigenvalue weighted by Crippen LogP contribution is -2.37. The highest BCUT2D eigenvalue weighted by Crippen LogP contribution is 2.20. The Morgan fingerprint density at radius 2 is 1.90 bits per heavy atom. The smallest absolute Gasteiger partial charge is 0.328 e. The lowest BCUT2D eigenvalue weighted by atomic mass is 10.0. The van der Waals surface area contributed by atoms with Gasteiger partial charge in [-0.1, -0.05) is 12.1 Å². The Hall–Kier alpha value is -3.39. The quantitative estimate of drug-likeness (QED) is 0.584. The molecule has 0 saturated heterocycles. The zero-order chi connectivity index (χ0) is 21.1. The second kappa shape index (κ2) is 8.32. The molecule has 2 atom stereocenters. The summed E-state index contributed by atoms with van der Waals surface area (Å²) in [5, 5.41) is 13.6. The number of ether oxygens (including phenoxy) is 1. The van der Waals surface area contributed by atoms with Crippen LogP contribution in [0.3, 0.4) is 0 Å². The number of H-pyrrole nitrogens is 1. The van der Waals surface area contributed by atoms with Gasteiger partial charge < -0.3 is 20.1 Å². The lowest BCUT2D eigenvalue weighted by Gasteiger charge is -2.21. The van der Waals surface area contributed by atoms with Gasteiger partial charge in [-0.2, -0.15) is 0 Å². The first kappa shape index (κ1) is 20.3. The Kier molecular flexibility index (Phi) is 5.84. The molecule has 0 bridgehead atoms. The van der Waals surface area contributed by atoms with Gasteiger partial charge in [0.05, 0.1) is 30.2 Å². The number of nitrogens with one attached hydrogen (secondary N) is 2. The van der Waals surface area contributed by atoms with E-state index in [9.17, 15) is 19.5 Å². The van der Waals surface area contributed by atoms with E-state index < -0.39 is 29.3 Å². The molecule has 0 aliphatic heterocycles. The zero-order valence-electron chi connectivity index (χ0n) is 16.4. The molecule has 152 valence electrons. The summed E-state index contributed by atoms with van der Waals surface area (Å²) >= 11 is 0. The molecule has 0 spiro atoms. The molecule has 29 heavy (non-hydrogen) atoms. The number of carbonyl (C=O) groups is 1. The number of methoxy groups -OCH3 is 1. The molecule has 0 saturated carbocycles. The number of aliphatic hydroxyl groups is 1. The van der Waals surface area contributed by atoms with E-state index in [1.165, 1.54) is 18.2 Å². The molecule has 3 aromatic rings. The maximum atomic E-state index is 12.6. The van der Waals surface area contributed by atoms with Gasteiger partial charge in [0.15, 0.2) is 0 Å². The third-order valence-electron chi connectivity index (χ3n) is 4.85. The fourth-order valence-electron chi connectivity index (χ4n) is 3.14. The van der Waals surface area contributed by atoms with Crippen molar-refractivity contribution in [1.82, 2.24) is 14.9 Å². The van der Waals surface area contributed by atoms with Crippen molar-refractivity contribution >= 4 is 16.8 Å². The monoisotopic (exact) mass is 397 g/mol. The summed E-state index contributed by atoms with van der Waals surface area (Å²) in [6.45, 7) is 3.66. The highest BCUT2D eigenvalue weighted by molar-refractivity contribution is 5.97. The summed E-state index contributed by atoms with van der Waals surface area (Å²) in [6, 6.07) is 10.8. The minimum Gasteiger partial charge on any atom is -0.497 e.